The van der Waals surface area contributed by atoms with E-state index in [0.717, 1.165) is 18.4 Å². The van der Waals surface area contributed by atoms with Crippen molar-refractivity contribution in [3.05, 3.63) is 12.2 Å². The maximum absolute atomic E-state index is 5.92. The Morgan fingerprint density at radius 2 is 1.61 bits per heavy atom. The van der Waals surface area contributed by atoms with Crippen molar-refractivity contribution in [2.75, 3.05) is 19.8 Å². The number of hydrogen-bond donors (Lipinski definition) is 0. The Balaban J connectivity index is 1.63. The molecule has 2 rings (SSSR count). The Morgan fingerprint density at radius 1 is 0.957 bits per heavy atom. The number of rotatable bonds is 13. The van der Waals surface area contributed by atoms with E-state index in [2.05, 4.69) is 12.2 Å². The lowest BCUT2D eigenvalue weighted by Crippen LogP contribution is -2.45. The fourth-order valence-corrected chi connectivity index (χ4v) is 7.02. The second-order valence-electron chi connectivity index (χ2n) is 7.12. The van der Waals surface area contributed by atoms with Crippen LogP contribution < -0.4 is 0 Å². The van der Waals surface area contributed by atoms with E-state index in [1.165, 1.54) is 44.9 Å². The van der Waals surface area contributed by atoms with Gasteiger partial charge in [-0.1, -0.05) is 31.4 Å². The molecule has 1 fully saturated rings. The molecule has 2 bridgehead atoms. The van der Waals surface area contributed by atoms with Gasteiger partial charge in [0.25, 0.3) is 0 Å². The van der Waals surface area contributed by atoms with Crippen LogP contribution in [0.5, 0.6) is 0 Å². The van der Waals surface area contributed by atoms with Crippen LogP contribution in [-0.2, 0) is 13.3 Å². The minimum absolute atomic E-state index is 0.588. The molecular weight excluding hydrogens is 304 g/mol. The zero-order chi connectivity index (χ0) is 16.6. The predicted molar refractivity (Wildman–Crippen MR) is 97.4 cm³/mol. The van der Waals surface area contributed by atoms with Crippen molar-refractivity contribution in [2.24, 2.45) is 11.3 Å². The SMILES string of the molecule is CCO[Si](CCCCCCC12C=CC(CC1)C2)(OCC)OCC. The van der Waals surface area contributed by atoms with Crippen molar-refractivity contribution in [3.63, 3.8) is 0 Å². The molecule has 134 valence electrons. The molecule has 0 spiro atoms. The topological polar surface area (TPSA) is 27.7 Å². The van der Waals surface area contributed by atoms with E-state index in [1.807, 2.05) is 20.8 Å². The van der Waals surface area contributed by atoms with Crippen LogP contribution in [0.4, 0.5) is 0 Å². The third-order valence-electron chi connectivity index (χ3n) is 5.40. The summed E-state index contributed by atoms with van der Waals surface area (Å²) in [6.45, 7) is 8.14. The number of allylic oxidation sites excluding steroid dienone is 2. The van der Waals surface area contributed by atoms with Gasteiger partial charge in [-0.25, -0.2) is 0 Å². The molecule has 4 heteroatoms. The fraction of sp³-hybridized carbons (Fsp3) is 0.895. The molecule has 0 aliphatic heterocycles. The zero-order valence-corrected chi connectivity index (χ0v) is 16.4. The standard InChI is InChI=1S/C19H36O3Si/c1-4-20-23(21-5-2,22-6-3)16-10-8-7-9-13-19-14-11-18(17-19)12-15-19/h11,14,18H,4-10,12-13,15-17H2,1-3H3. The van der Waals surface area contributed by atoms with Crippen molar-refractivity contribution in [1.82, 2.24) is 0 Å². The van der Waals surface area contributed by atoms with Gasteiger partial charge in [0, 0.05) is 25.9 Å². The molecule has 0 aromatic rings. The Hall–Kier alpha value is -0.163. The largest absolute Gasteiger partial charge is 0.500 e. The van der Waals surface area contributed by atoms with Gasteiger partial charge in [-0.2, -0.15) is 0 Å². The van der Waals surface area contributed by atoms with Gasteiger partial charge >= 0.3 is 8.80 Å². The molecule has 2 aliphatic carbocycles. The van der Waals surface area contributed by atoms with Crippen LogP contribution in [-0.4, -0.2) is 28.6 Å². The first kappa shape index (κ1) is 19.2. The van der Waals surface area contributed by atoms with Gasteiger partial charge < -0.3 is 13.3 Å². The first-order chi connectivity index (χ1) is 11.2. The highest BCUT2D eigenvalue weighted by Gasteiger charge is 2.40. The second kappa shape index (κ2) is 9.35. The maximum Gasteiger partial charge on any atom is 0.500 e. The Labute approximate surface area is 144 Å². The minimum atomic E-state index is -2.41. The molecule has 0 aromatic carbocycles. The summed E-state index contributed by atoms with van der Waals surface area (Å²) in [5, 5.41) is 0. The van der Waals surface area contributed by atoms with E-state index < -0.39 is 8.80 Å². The molecule has 0 N–H and O–H groups in total. The smallest absolute Gasteiger partial charge is 0.374 e. The number of unbranched alkanes of at least 4 members (excludes halogenated alkanes) is 3. The van der Waals surface area contributed by atoms with E-state index in [-0.39, 0.29) is 0 Å². The molecule has 2 unspecified atom stereocenters. The molecule has 3 nitrogen and oxygen atoms in total. The lowest BCUT2D eigenvalue weighted by Gasteiger charge is -2.28. The molecule has 2 aliphatic rings. The van der Waals surface area contributed by atoms with E-state index >= 15 is 0 Å². The van der Waals surface area contributed by atoms with Crippen LogP contribution in [0.15, 0.2) is 12.2 Å². The molecule has 23 heavy (non-hydrogen) atoms. The molecule has 2 atom stereocenters. The third kappa shape index (κ3) is 5.41. The van der Waals surface area contributed by atoms with Crippen molar-refractivity contribution < 1.29 is 13.3 Å². The number of hydrogen-bond acceptors (Lipinski definition) is 3. The molecule has 0 aromatic heterocycles. The van der Waals surface area contributed by atoms with E-state index in [0.29, 0.717) is 25.2 Å². The molecule has 0 radical (unpaired) electrons. The zero-order valence-electron chi connectivity index (χ0n) is 15.4. The van der Waals surface area contributed by atoms with Gasteiger partial charge in [0.1, 0.15) is 0 Å². The molecule has 1 saturated carbocycles. The van der Waals surface area contributed by atoms with Gasteiger partial charge in [-0.15, -0.1) is 0 Å². The number of fused-ring (bicyclic) bond motifs is 2. The Kier molecular flexibility index (Phi) is 7.79. The highest BCUT2D eigenvalue weighted by molar-refractivity contribution is 6.60. The summed E-state index contributed by atoms with van der Waals surface area (Å²) in [6.07, 6.45) is 15.8. The average Bonchev–Trinajstić information content (AvgIpc) is 3.12. The fourth-order valence-electron chi connectivity index (χ4n) is 4.34. The van der Waals surface area contributed by atoms with Crippen LogP contribution in [0, 0.1) is 11.3 Å². The lowest BCUT2D eigenvalue weighted by atomic mass is 9.82. The van der Waals surface area contributed by atoms with Gasteiger partial charge in [-0.05, 0) is 64.2 Å². The monoisotopic (exact) mass is 340 g/mol. The Morgan fingerprint density at radius 3 is 2.09 bits per heavy atom. The van der Waals surface area contributed by atoms with Gasteiger partial charge in [0.05, 0.1) is 0 Å². The van der Waals surface area contributed by atoms with Crippen molar-refractivity contribution in [2.45, 2.75) is 78.2 Å². The molecule has 0 heterocycles. The first-order valence-electron chi connectivity index (χ1n) is 9.79. The Bertz CT molecular complexity index is 355. The lowest BCUT2D eigenvalue weighted by molar-refractivity contribution is 0.0706. The highest BCUT2D eigenvalue weighted by atomic mass is 28.4. The van der Waals surface area contributed by atoms with E-state index in [4.69, 9.17) is 13.3 Å². The predicted octanol–water partition coefficient (Wildman–Crippen LogP) is 5.34. The third-order valence-corrected chi connectivity index (χ3v) is 8.56. The summed E-state index contributed by atoms with van der Waals surface area (Å²) in [5.41, 5.74) is 0.588. The quantitative estimate of drug-likeness (QED) is 0.257. The summed E-state index contributed by atoms with van der Waals surface area (Å²) < 4.78 is 17.8. The van der Waals surface area contributed by atoms with E-state index in [1.54, 1.807) is 0 Å². The first-order valence-corrected chi connectivity index (χ1v) is 11.7. The van der Waals surface area contributed by atoms with Gasteiger partial charge in [0.2, 0.25) is 0 Å². The van der Waals surface area contributed by atoms with Crippen LogP contribution in [0.3, 0.4) is 0 Å². The summed E-state index contributed by atoms with van der Waals surface area (Å²) >= 11 is 0. The summed E-state index contributed by atoms with van der Waals surface area (Å²) in [4.78, 5) is 0. The van der Waals surface area contributed by atoms with Gasteiger partial charge in [-0.3, -0.25) is 0 Å². The molecule has 0 saturated heterocycles. The van der Waals surface area contributed by atoms with Crippen molar-refractivity contribution in [3.8, 4) is 0 Å². The van der Waals surface area contributed by atoms with Crippen LogP contribution >= 0.6 is 0 Å². The summed E-state index contributed by atoms with van der Waals surface area (Å²) in [7, 11) is -2.41. The summed E-state index contributed by atoms with van der Waals surface area (Å²) in [6, 6.07) is 0.968. The normalized spacial score (nSPS) is 26.3. The maximum atomic E-state index is 5.92. The van der Waals surface area contributed by atoms with Crippen molar-refractivity contribution >= 4 is 8.80 Å². The second-order valence-corrected chi connectivity index (χ2v) is 9.85. The van der Waals surface area contributed by atoms with Crippen LogP contribution in [0.2, 0.25) is 6.04 Å². The summed E-state index contributed by atoms with van der Waals surface area (Å²) in [5.74, 6) is 0.908. The van der Waals surface area contributed by atoms with Gasteiger partial charge in [0.15, 0.2) is 0 Å². The minimum Gasteiger partial charge on any atom is -0.374 e. The highest BCUT2D eigenvalue weighted by Crippen LogP contribution is 2.52. The van der Waals surface area contributed by atoms with Crippen molar-refractivity contribution in [1.29, 1.82) is 0 Å². The molecular formula is C19H36O3Si. The molecule has 0 amide bonds. The average molecular weight is 341 g/mol. The van der Waals surface area contributed by atoms with E-state index in [9.17, 15) is 0 Å². The van der Waals surface area contributed by atoms with Crippen LogP contribution in [0.25, 0.3) is 0 Å². The van der Waals surface area contributed by atoms with Crippen LogP contribution in [0.1, 0.15) is 72.1 Å².